The lowest BCUT2D eigenvalue weighted by molar-refractivity contribution is 0.620. The van der Waals surface area contributed by atoms with Crippen LogP contribution in [0.25, 0.3) is 0 Å². The van der Waals surface area contributed by atoms with Crippen LogP contribution >= 0.6 is 27.5 Å². The zero-order valence-corrected chi connectivity index (χ0v) is 9.57. The van der Waals surface area contributed by atoms with E-state index in [9.17, 15) is 8.42 Å². The fraction of sp³-hybridized carbons (Fsp3) is 0.143. The maximum Gasteiger partial charge on any atom is 0.169 e. The van der Waals surface area contributed by atoms with Gasteiger partial charge in [-0.1, -0.05) is 33.6 Å². The molecule has 0 aliphatic rings. The molecule has 0 rings (SSSR count). The van der Waals surface area contributed by atoms with Crippen molar-refractivity contribution in [3.05, 3.63) is 33.2 Å². The van der Waals surface area contributed by atoms with E-state index in [2.05, 4.69) is 15.9 Å². The molecular weight excluding hydrogens is 263 g/mol. The Morgan fingerprint density at radius 3 is 2.33 bits per heavy atom. The average molecular weight is 272 g/mol. The van der Waals surface area contributed by atoms with Crippen LogP contribution in [-0.2, 0) is 10.7 Å². The minimum Gasteiger partial charge on any atom is -0.227 e. The minimum absolute atomic E-state index is 0.0884. The first-order valence-electron chi connectivity index (χ1n) is 3.06. The minimum atomic E-state index is -2.61. The van der Waals surface area contributed by atoms with Crippen LogP contribution in [0.2, 0.25) is 0 Å². The number of halogens is 2. The van der Waals surface area contributed by atoms with Gasteiger partial charge in [-0.25, -0.2) is 8.42 Å². The molecule has 0 bridgehead atoms. The van der Waals surface area contributed by atoms with E-state index in [1.54, 1.807) is 12.2 Å². The Morgan fingerprint density at radius 1 is 1.42 bits per heavy atom. The summed E-state index contributed by atoms with van der Waals surface area (Å²) < 4.78 is 21.7. The lowest BCUT2D eigenvalue weighted by Gasteiger charge is -1.87. The van der Waals surface area contributed by atoms with E-state index in [4.69, 9.17) is 11.6 Å². The molecule has 0 aromatic carbocycles. The summed E-state index contributed by atoms with van der Waals surface area (Å²) >= 11 is 8.45. The summed E-state index contributed by atoms with van der Waals surface area (Å²) in [5.74, 6) is 0. The molecule has 5 heteroatoms. The fourth-order valence-corrected chi connectivity index (χ4v) is 1.12. The maximum absolute atomic E-state index is 10.4. The van der Waals surface area contributed by atoms with Crippen molar-refractivity contribution in [2.75, 3.05) is 0 Å². The van der Waals surface area contributed by atoms with Crippen molar-refractivity contribution in [2.45, 2.75) is 6.92 Å². The first-order chi connectivity index (χ1) is 5.61. The van der Waals surface area contributed by atoms with Gasteiger partial charge in [0.05, 0.1) is 4.91 Å². The highest BCUT2D eigenvalue weighted by atomic mass is 79.9. The van der Waals surface area contributed by atoms with Crippen LogP contribution in [0.5, 0.6) is 0 Å². The number of rotatable bonds is 3. The third kappa shape index (κ3) is 4.74. The monoisotopic (exact) mass is 270 g/mol. The molecule has 0 aromatic rings. The van der Waals surface area contributed by atoms with Crippen LogP contribution in [0.4, 0.5) is 0 Å². The lowest BCUT2D eigenvalue weighted by Crippen LogP contribution is -1.78. The van der Waals surface area contributed by atoms with Gasteiger partial charge < -0.3 is 0 Å². The van der Waals surface area contributed by atoms with E-state index in [1.165, 1.54) is 6.08 Å². The molecule has 0 atom stereocenters. The fourth-order valence-electron chi connectivity index (χ4n) is 0.398. The SMILES string of the molecule is C\C=C(Br)/C=C\C(=C\Cl)[SH](=O)=O. The first-order valence-corrected chi connectivity index (χ1v) is 5.47. The predicted molar refractivity (Wildman–Crippen MR) is 56.1 cm³/mol. The van der Waals surface area contributed by atoms with Crippen LogP contribution in [-0.4, -0.2) is 8.42 Å². The summed E-state index contributed by atoms with van der Waals surface area (Å²) in [5, 5.41) is 0. The molecule has 2 nitrogen and oxygen atoms in total. The predicted octanol–water partition coefficient (Wildman–Crippen LogP) is 2.53. The van der Waals surface area contributed by atoms with Crippen molar-refractivity contribution < 1.29 is 8.42 Å². The second kappa shape index (κ2) is 6.46. The third-order valence-electron chi connectivity index (χ3n) is 1.01. The molecule has 0 amide bonds. The molecule has 0 aliphatic carbocycles. The van der Waals surface area contributed by atoms with Gasteiger partial charge in [-0.15, -0.1) is 0 Å². The number of hydrogen-bond acceptors (Lipinski definition) is 2. The van der Waals surface area contributed by atoms with Crippen molar-refractivity contribution in [2.24, 2.45) is 0 Å². The zero-order chi connectivity index (χ0) is 9.56. The lowest BCUT2D eigenvalue weighted by atomic mass is 10.4. The van der Waals surface area contributed by atoms with Gasteiger partial charge in [0.2, 0.25) is 0 Å². The summed E-state index contributed by atoms with van der Waals surface area (Å²) in [6.07, 6.45) is 4.82. The highest BCUT2D eigenvalue weighted by molar-refractivity contribution is 9.11. The Balaban J connectivity index is 4.54. The van der Waals surface area contributed by atoms with Crippen LogP contribution in [0.15, 0.2) is 33.2 Å². The van der Waals surface area contributed by atoms with E-state index >= 15 is 0 Å². The second-order valence-corrected chi connectivity index (χ2v) is 3.96. The standard InChI is InChI=1S/C7H8BrClO2S/c1-2-6(8)3-4-7(5-9)12(10)11/h2-5,12H,1H3/b4-3-,6-2+,7-5-. The normalized spacial score (nSPS) is 14.7. The topological polar surface area (TPSA) is 34.1 Å². The van der Waals surface area contributed by atoms with Crippen molar-refractivity contribution in [3.63, 3.8) is 0 Å². The van der Waals surface area contributed by atoms with Gasteiger partial charge in [0.25, 0.3) is 0 Å². The molecule has 0 fully saturated rings. The summed E-state index contributed by atoms with van der Waals surface area (Å²) in [5.41, 5.74) is 1.03. The summed E-state index contributed by atoms with van der Waals surface area (Å²) in [4.78, 5) is 0.0884. The third-order valence-corrected chi connectivity index (χ3v) is 2.82. The molecule has 0 N–H and O–H groups in total. The van der Waals surface area contributed by atoms with Crippen LogP contribution in [0, 0.1) is 0 Å². The Bertz CT molecular complexity index is 295. The van der Waals surface area contributed by atoms with Gasteiger partial charge in [-0.2, -0.15) is 0 Å². The van der Waals surface area contributed by atoms with Gasteiger partial charge >= 0.3 is 0 Å². The zero-order valence-electron chi connectivity index (χ0n) is 6.33. The maximum atomic E-state index is 10.4. The molecule has 0 aromatic heterocycles. The van der Waals surface area contributed by atoms with Crippen LogP contribution < -0.4 is 0 Å². The molecule has 0 saturated carbocycles. The van der Waals surface area contributed by atoms with E-state index < -0.39 is 10.7 Å². The van der Waals surface area contributed by atoms with Crippen molar-refractivity contribution in [1.82, 2.24) is 0 Å². The first kappa shape index (κ1) is 11.9. The van der Waals surface area contributed by atoms with Gasteiger partial charge in [0.1, 0.15) is 0 Å². The Labute approximate surface area is 86.7 Å². The van der Waals surface area contributed by atoms with Crippen molar-refractivity contribution >= 4 is 38.2 Å². The Hall–Kier alpha value is -0.0600. The van der Waals surface area contributed by atoms with Gasteiger partial charge in [-0.3, -0.25) is 0 Å². The van der Waals surface area contributed by atoms with E-state index in [0.717, 1.165) is 10.0 Å². The molecule has 68 valence electrons. The Kier molecular flexibility index (Phi) is 6.42. The van der Waals surface area contributed by atoms with E-state index in [1.807, 2.05) is 6.92 Å². The average Bonchev–Trinajstić information content (AvgIpc) is 2.04. The van der Waals surface area contributed by atoms with Crippen LogP contribution in [0.1, 0.15) is 6.92 Å². The smallest absolute Gasteiger partial charge is 0.169 e. The van der Waals surface area contributed by atoms with Crippen LogP contribution in [0.3, 0.4) is 0 Å². The highest BCUT2D eigenvalue weighted by Gasteiger charge is 1.92. The second-order valence-electron chi connectivity index (χ2n) is 1.80. The number of hydrogen-bond donors (Lipinski definition) is 1. The van der Waals surface area contributed by atoms with E-state index in [0.29, 0.717) is 0 Å². The summed E-state index contributed by atoms with van der Waals surface area (Å²) in [7, 11) is -2.61. The van der Waals surface area contributed by atoms with Gasteiger partial charge in [0.15, 0.2) is 10.7 Å². The highest BCUT2D eigenvalue weighted by Crippen LogP contribution is 2.09. The molecule has 0 heterocycles. The molecule has 0 unspecified atom stereocenters. The number of thiol groups is 1. The largest absolute Gasteiger partial charge is 0.227 e. The van der Waals surface area contributed by atoms with Crippen molar-refractivity contribution in [1.29, 1.82) is 0 Å². The molecule has 12 heavy (non-hydrogen) atoms. The molecule has 0 aliphatic heterocycles. The molecule has 0 saturated heterocycles. The molecule has 0 spiro atoms. The van der Waals surface area contributed by atoms with E-state index in [-0.39, 0.29) is 4.91 Å². The molecular formula is C7H8BrClO2S. The van der Waals surface area contributed by atoms with Crippen molar-refractivity contribution in [3.8, 4) is 0 Å². The Morgan fingerprint density at radius 2 is 2.00 bits per heavy atom. The quantitative estimate of drug-likeness (QED) is 0.632. The van der Waals surface area contributed by atoms with Gasteiger partial charge in [0, 0.05) is 10.0 Å². The summed E-state index contributed by atoms with van der Waals surface area (Å²) in [6.45, 7) is 1.83. The number of allylic oxidation sites excluding steroid dienone is 4. The molecule has 0 radical (unpaired) electrons. The summed E-state index contributed by atoms with van der Waals surface area (Å²) in [6, 6.07) is 0. The van der Waals surface area contributed by atoms with Gasteiger partial charge in [-0.05, 0) is 19.1 Å².